The van der Waals surface area contributed by atoms with E-state index in [1.54, 1.807) is 11.8 Å². The van der Waals surface area contributed by atoms with Crippen molar-refractivity contribution in [2.75, 3.05) is 19.4 Å². The average Bonchev–Trinajstić information content (AvgIpc) is 2.47. The highest BCUT2D eigenvalue weighted by Crippen LogP contribution is 2.29. The van der Waals surface area contributed by atoms with Gasteiger partial charge in [-0.15, -0.1) is 11.8 Å². The van der Waals surface area contributed by atoms with Crippen LogP contribution in [-0.2, 0) is 6.54 Å². The van der Waals surface area contributed by atoms with Crippen molar-refractivity contribution >= 4 is 23.4 Å². The highest BCUT2D eigenvalue weighted by Gasteiger charge is 2.07. The number of halogens is 1. The van der Waals surface area contributed by atoms with Crippen molar-refractivity contribution in [2.45, 2.75) is 11.4 Å². The van der Waals surface area contributed by atoms with Crippen LogP contribution in [0.2, 0.25) is 5.02 Å². The lowest BCUT2D eigenvalue weighted by molar-refractivity contribution is 0.339. The second kappa shape index (κ2) is 8.20. The van der Waals surface area contributed by atoms with E-state index in [9.17, 15) is 0 Å². The molecule has 0 aliphatic heterocycles. The largest absolute Gasteiger partial charge is 0.491 e. The summed E-state index contributed by atoms with van der Waals surface area (Å²) in [7, 11) is 1.91. The summed E-state index contributed by atoms with van der Waals surface area (Å²) in [6, 6.07) is 16.2. The highest BCUT2D eigenvalue weighted by molar-refractivity contribution is 7.99. The average molecular weight is 308 g/mol. The van der Waals surface area contributed by atoms with E-state index in [4.69, 9.17) is 16.3 Å². The molecular formula is C16H18ClNOS. The highest BCUT2D eigenvalue weighted by atomic mass is 35.5. The molecule has 0 aromatic heterocycles. The van der Waals surface area contributed by atoms with Gasteiger partial charge in [-0.3, -0.25) is 0 Å². The van der Waals surface area contributed by atoms with Crippen molar-refractivity contribution in [3.63, 3.8) is 0 Å². The summed E-state index contributed by atoms with van der Waals surface area (Å²) in [4.78, 5) is 1.26. The maximum absolute atomic E-state index is 6.20. The number of nitrogens with one attached hydrogen (secondary N) is 1. The van der Waals surface area contributed by atoms with Gasteiger partial charge in [-0.05, 0) is 25.2 Å². The SMILES string of the molecule is CNCc1cccc(Cl)c1OCCSc1ccccc1. The van der Waals surface area contributed by atoms with Crippen LogP contribution < -0.4 is 10.1 Å². The van der Waals surface area contributed by atoms with Crippen LogP contribution >= 0.6 is 23.4 Å². The number of hydrogen-bond acceptors (Lipinski definition) is 3. The van der Waals surface area contributed by atoms with Gasteiger partial charge in [0.1, 0.15) is 5.75 Å². The smallest absolute Gasteiger partial charge is 0.142 e. The summed E-state index contributed by atoms with van der Waals surface area (Å²) in [5.74, 6) is 1.69. The third-order valence-corrected chi connectivity index (χ3v) is 4.03. The Morgan fingerprint density at radius 1 is 1.10 bits per heavy atom. The van der Waals surface area contributed by atoms with Gasteiger partial charge in [-0.2, -0.15) is 0 Å². The number of rotatable bonds is 7. The summed E-state index contributed by atoms with van der Waals surface area (Å²) in [5.41, 5.74) is 1.09. The number of para-hydroxylation sites is 1. The van der Waals surface area contributed by atoms with Crippen molar-refractivity contribution in [1.82, 2.24) is 5.32 Å². The zero-order valence-electron chi connectivity index (χ0n) is 11.4. The van der Waals surface area contributed by atoms with E-state index in [0.717, 1.165) is 23.6 Å². The maximum atomic E-state index is 6.20. The van der Waals surface area contributed by atoms with Crippen molar-refractivity contribution in [2.24, 2.45) is 0 Å². The molecule has 0 heterocycles. The molecule has 0 aliphatic carbocycles. The molecule has 1 N–H and O–H groups in total. The van der Waals surface area contributed by atoms with Crippen molar-refractivity contribution < 1.29 is 4.74 Å². The van der Waals surface area contributed by atoms with Crippen LogP contribution in [0.1, 0.15) is 5.56 Å². The Morgan fingerprint density at radius 3 is 2.65 bits per heavy atom. The van der Waals surface area contributed by atoms with Crippen LogP contribution in [0.3, 0.4) is 0 Å². The minimum Gasteiger partial charge on any atom is -0.491 e. The molecule has 20 heavy (non-hydrogen) atoms. The van der Waals surface area contributed by atoms with Crippen LogP contribution in [0.15, 0.2) is 53.4 Å². The maximum Gasteiger partial charge on any atom is 0.142 e. The molecule has 4 heteroatoms. The zero-order chi connectivity index (χ0) is 14.2. The minimum atomic E-state index is 0.639. The van der Waals surface area contributed by atoms with Gasteiger partial charge >= 0.3 is 0 Å². The fourth-order valence-corrected chi connectivity index (χ4v) is 2.87. The Balaban J connectivity index is 1.87. The molecule has 0 fully saturated rings. The van der Waals surface area contributed by atoms with Gasteiger partial charge in [0.25, 0.3) is 0 Å². The molecule has 0 atom stereocenters. The van der Waals surface area contributed by atoms with Gasteiger partial charge in [0, 0.05) is 22.8 Å². The Labute approximate surface area is 129 Å². The van der Waals surface area contributed by atoms with E-state index in [0.29, 0.717) is 11.6 Å². The van der Waals surface area contributed by atoms with Crippen LogP contribution in [0.5, 0.6) is 5.75 Å². The Bertz CT molecular complexity index is 533. The molecule has 0 spiro atoms. The van der Waals surface area contributed by atoms with Crippen molar-refractivity contribution in [1.29, 1.82) is 0 Å². The van der Waals surface area contributed by atoms with Gasteiger partial charge in [0.15, 0.2) is 0 Å². The van der Waals surface area contributed by atoms with Gasteiger partial charge in [0.05, 0.1) is 11.6 Å². The summed E-state index contributed by atoms with van der Waals surface area (Å²) in [5, 5.41) is 3.79. The van der Waals surface area contributed by atoms with Crippen molar-refractivity contribution in [3.8, 4) is 5.75 Å². The van der Waals surface area contributed by atoms with E-state index < -0.39 is 0 Å². The van der Waals surface area contributed by atoms with E-state index in [2.05, 4.69) is 17.4 Å². The summed E-state index contributed by atoms with van der Waals surface area (Å²) < 4.78 is 5.85. The topological polar surface area (TPSA) is 21.3 Å². The molecule has 0 unspecified atom stereocenters. The van der Waals surface area contributed by atoms with Crippen molar-refractivity contribution in [3.05, 3.63) is 59.1 Å². The molecule has 0 radical (unpaired) electrons. The molecule has 2 nitrogen and oxygen atoms in total. The molecule has 0 aliphatic rings. The third-order valence-electron chi connectivity index (χ3n) is 2.76. The van der Waals surface area contributed by atoms with Crippen LogP contribution in [0.25, 0.3) is 0 Å². The molecule has 2 aromatic carbocycles. The fraction of sp³-hybridized carbons (Fsp3) is 0.250. The van der Waals surface area contributed by atoms with E-state index in [-0.39, 0.29) is 0 Å². The van der Waals surface area contributed by atoms with Crippen LogP contribution in [-0.4, -0.2) is 19.4 Å². The zero-order valence-corrected chi connectivity index (χ0v) is 13.0. The Morgan fingerprint density at radius 2 is 1.90 bits per heavy atom. The normalized spacial score (nSPS) is 10.5. The second-order valence-corrected chi connectivity index (χ2v) is 5.84. The number of hydrogen-bond donors (Lipinski definition) is 1. The Hall–Kier alpha value is -1.16. The Kier molecular flexibility index (Phi) is 6.25. The standard InChI is InChI=1S/C16H18ClNOS/c1-18-12-13-6-5-9-15(17)16(13)19-10-11-20-14-7-3-2-4-8-14/h2-9,18H,10-12H2,1H3. The number of benzene rings is 2. The third kappa shape index (κ3) is 4.44. The van der Waals surface area contributed by atoms with Crippen LogP contribution in [0.4, 0.5) is 0 Å². The lowest BCUT2D eigenvalue weighted by atomic mass is 10.2. The predicted molar refractivity (Wildman–Crippen MR) is 86.9 cm³/mol. The monoisotopic (exact) mass is 307 g/mol. The van der Waals surface area contributed by atoms with E-state index in [1.807, 2.05) is 43.4 Å². The van der Waals surface area contributed by atoms with Gasteiger partial charge in [-0.25, -0.2) is 0 Å². The van der Waals surface area contributed by atoms with Gasteiger partial charge < -0.3 is 10.1 Å². The lowest BCUT2D eigenvalue weighted by Crippen LogP contribution is -2.09. The first-order chi connectivity index (χ1) is 9.81. The van der Waals surface area contributed by atoms with E-state index >= 15 is 0 Å². The minimum absolute atomic E-state index is 0.639. The first-order valence-electron chi connectivity index (χ1n) is 6.54. The van der Waals surface area contributed by atoms with Crippen LogP contribution in [0, 0.1) is 0 Å². The first-order valence-corrected chi connectivity index (χ1v) is 7.90. The number of ether oxygens (including phenoxy) is 1. The summed E-state index contributed by atoms with van der Waals surface area (Å²) >= 11 is 7.98. The number of thioether (sulfide) groups is 1. The molecule has 0 saturated heterocycles. The van der Waals surface area contributed by atoms with Gasteiger partial charge in [-0.1, -0.05) is 41.9 Å². The molecule has 0 bridgehead atoms. The summed E-state index contributed by atoms with van der Waals surface area (Å²) in [6.07, 6.45) is 0. The molecular weight excluding hydrogens is 290 g/mol. The predicted octanol–water partition coefficient (Wildman–Crippen LogP) is 4.23. The molecule has 0 saturated carbocycles. The quantitative estimate of drug-likeness (QED) is 0.611. The van der Waals surface area contributed by atoms with Gasteiger partial charge in [0.2, 0.25) is 0 Å². The molecule has 106 valence electrons. The molecule has 2 aromatic rings. The first kappa shape index (κ1) is 15.2. The lowest BCUT2D eigenvalue weighted by Gasteiger charge is -2.12. The molecule has 2 rings (SSSR count). The molecule has 0 amide bonds. The second-order valence-electron chi connectivity index (χ2n) is 4.27. The fourth-order valence-electron chi connectivity index (χ4n) is 1.86. The van der Waals surface area contributed by atoms with E-state index in [1.165, 1.54) is 4.90 Å². The summed E-state index contributed by atoms with van der Waals surface area (Å²) in [6.45, 7) is 1.39.